The number of carbonyl (C=O) groups is 1. The number of hydroxylamine groups is 1. The zero-order valence-electron chi connectivity index (χ0n) is 12.0. The summed E-state index contributed by atoms with van der Waals surface area (Å²) in [5.41, 5.74) is -1.42. The molecular formula is C14H8Cl2F3N3O3. The van der Waals surface area contributed by atoms with Gasteiger partial charge in [0.2, 0.25) is 5.60 Å². The molecule has 3 rings (SSSR count). The molecule has 1 aliphatic heterocycles. The maximum absolute atomic E-state index is 13.8. The average molecular weight is 394 g/mol. The van der Waals surface area contributed by atoms with E-state index in [0.717, 1.165) is 29.0 Å². The van der Waals surface area contributed by atoms with Crippen molar-refractivity contribution >= 4 is 35.0 Å². The molecule has 0 spiro atoms. The maximum atomic E-state index is 13.8. The second-order valence-corrected chi connectivity index (χ2v) is 5.95. The molecule has 1 atom stereocenters. The Morgan fingerprint density at radius 2 is 1.92 bits per heavy atom. The fraction of sp³-hybridized carbons (Fsp3) is 0.143. The van der Waals surface area contributed by atoms with Gasteiger partial charge in [-0.25, -0.2) is 19.8 Å². The van der Waals surface area contributed by atoms with E-state index in [1.807, 2.05) is 0 Å². The van der Waals surface area contributed by atoms with Gasteiger partial charge in [0, 0.05) is 27.9 Å². The summed E-state index contributed by atoms with van der Waals surface area (Å²) in [5, 5.41) is 12.5. The van der Waals surface area contributed by atoms with Gasteiger partial charge in [0.1, 0.15) is 0 Å². The summed E-state index contributed by atoms with van der Waals surface area (Å²) in [7, 11) is 0. The van der Waals surface area contributed by atoms with Crippen molar-refractivity contribution in [3.63, 3.8) is 0 Å². The van der Waals surface area contributed by atoms with Crippen molar-refractivity contribution in [2.24, 2.45) is 0 Å². The number of benzene rings is 1. The number of hydrogen-bond acceptors (Lipinski definition) is 4. The van der Waals surface area contributed by atoms with E-state index in [-0.39, 0.29) is 27.1 Å². The molecule has 0 amide bonds. The molecule has 11 heteroatoms. The first kappa shape index (κ1) is 17.6. The van der Waals surface area contributed by atoms with Crippen molar-refractivity contribution in [2.45, 2.75) is 11.8 Å². The van der Waals surface area contributed by atoms with Crippen LogP contribution in [0.1, 0.15) is 16.1 Å². The van der Waals surface area contributed by atoms with Crippen LogP contribution in [0.25, 0.3) is 5.82 Å². The van der Waals surface area contributed by atoms with Gasteiger partial charge in [0.05, 0.1) is 0 Å². The second-order valence-electron chi connectivity index (χ2n) is 5.08. The van der Waals surface area contributed by atoms with Crippen LogP contribution < -0.4 is 5.48 Å². The Labute approximate surface area is 148 Å². The quantitative estimate of drug-likeness (QED) is 0.831. The van der Waals surface area contributed by atoms with Crippen LogP contribution in [0.5, 0.6) is 0 Å². The van der Waals surface area contributed by atoms with Gasteiger partial charge >= 0.3 is 12.1 Å². The zero-order chi connectivity index (χ0) is 18.4. The Morgan fingerprint density at radius 3 is 2.44 bits per heavy atom. The van der Waals surface area contributed by atoms with E-state index in [1.54, 1.807) is 0 Å². The van der Waals surface area contributed by atoms with Crippen molar-refractivity contribution in [2.75, 3.05) is 0 Å². The number of nitrogens with zero attached hydrogens (tertiary/aromatic N) is 2. The minimum absolute atomic E-state index is 0.00354. The standard InChI is InChI=1S/C14H8Cl2F3N3O3/c15-8-3-7(4-9(16)5-8)13(14(17,18)19)6-11(21-25-13)22-2-1-10(20-22)12(23)24/h1-6,21H,(H,23,24). The lowest BCUT2D eigenvalue weighted by atomic mass is 9.93. The van der Waals surface area contributed by atoms with Gasteiger partial charge in [0.25, 0.3) is 0 Å². The predicted molar refractivity (Wildman–Crippen MR) is 81.9 cm³/mol. The van der Waals surface area contributed by atoms with E-state index in [0.29, 0.717) is 0 Å². The molecule has 0 saturated heterocycles. The molecule has 1 aliphatic rings. The van der Waals surface area contributed by atoms with Crippen LogP contribution in [0.15, 0.2) is 36.5 Å². The number of alkyl halides is 3. The predicted octanol–water partition coefficient (Wildman–Crippen LogP) is 3.68. The molecule has 25 heavy (non-hydrogen) atoms. The Bertz CT molecular complexity index is 861. The largest absolute Gasteiger partial charge is 0.476 e. The summed E-state index contributed by atoms with van der Waals surface area (Å²) in [6.07, 6.45) is -2.95. The number of halogens is 5. The van der Waals surface area contributed by atoms with E-state index in [2.05, 4.69) is 10.6 Å². The molecule has 1 aromatic heterocycles. The summed E-state index contributed by atoms with van der Waals surface area (Å²) >= 11 is 11.6. The first-order chi connectivity index (χ1) is 11.6. The zero-order valence-corrected chi connectivity index (χ0v) is 13.5. The maximum Gasteiger partial charge on any atom is 0.428 e. The summed E-state index contributed by atoms with van der Waals surface area (Å²) in [6.45, 7) is 0. The van der Waals surface area contributed by atoms with Gasteiger partial charge in [-0.1, -0.05) is 23.2 Å². The average Bonchev–Trinajstić information content (AvgIpc) is 3.13. The number of nitrogens with one attached hydrogen (secondary N) is 1. The van der Waals surface area contributed by atoms with E-state index >= 15 is 0 Å². The van der Waals surface area contributed by atoms with Crippen LogP contribution in [0.2, 0.25) is 10.0 Å². The Kier molecular flexibility index (Phi) is 4.18. The van der Waals surface area contributed by atoms with Crippen LogP contribution in [0, 0.1) is 0 Å². The second kappa shape index (κ2) is 5.94. The van der Waals surface area contributed by atoms with E-state index in [9.17, 15) is 18.0 Å². The molecule has 2 N–H and O–H groups in total. The van der Waals surface area contributed by atoms with Gasteiger partial charge in [-0.05, 0) is 24.3 Å². The fourth-order valence-corrected chi connectivity index (χ4v) is 2.81. The van der Waals surface area contributed by atoms with Crippen LogP contribution in [0.3, 0.4) is 0 Å². The lowest BCUT2D eigenvalue weighted by Gasteiger charge is -2.28. The molecule has 0 bridgehead atoms. The number of aromatic carboxylic acids is 1. The highest BCUT2D eigenvalue weighted by atomic mass is 35.5. The molecule has 1 aromatic carbocycles. The molecule has 2 aromatic rings. The lowest BCUT2D eigenvalue weighted by molar-refractivity contribution is -0.269. The van der Waals surface area contributed by atoms with Crippen LogP contribution >= 0.6 is 23.2 Å². The minimum atomic E-state index is -4.86. The van der Waals surface area contributed by atoms with E-state index in [1.165, 1.54) is 12.3 Å². The third-order valence-electron chi connectivity index (χ3n) is 3.42. The number of carboxylic acid groups (broad SMARTS) is 1. The minimum Gasteiger partial charge on any atom is -0.476 e. The summed E-state index contributed by atoms with van der Waals surface area (Å²) in [5.74, 6) is -1.53. The van der Waals surface area contributed by atoms with E-state index < -0.39 is 17.7 Å². The van der Waals surface area contributed by atoms with Gasteiger partial charge in [-0.15, -0.1) is 0 Å². The van der Waals surface area contributed by atoms with Crippen molar-refractivity contribution in [3.8, 4) is 0 Å². The van der Waals surface area contributed by atoms with Gasteiger partial charge in [0.15, 0.2) is 11.5 Å². The van der Waals surface area contributed by atoms with Crippen LogP contribution in [-0.2, 0) is 10.4 Å². The molecule has 6 nitrogen and oxygen atoms in total. The monoisotopic (exact) mass is 393 g/mol. The third kappa shape index (κ3) is 3.06. The topological polar surface area (TPSA) is 76.4 Å². The summed E-state index contributed by atoms with van der Waals surface area (Å²) in [4.78, 5) is 15.7. The highest BCUT2D eigenvalue weighted by Crippen LogP contribution is 2.47. The Balaban J connectivity index is 2.11. The lowest BCUT2D eigenvalue weighted by Crippen LogP contribution is -2.42. The molecule has 0 radical (unpaired) electrons. The van der Waals surface area contributed by atoms with Crippen LogP contribution in [-0.4, -0.2) is 27.0 Å². The Morgan fingerprint density at radius 1 is 1.28 bits per heavy atom. The highest BCUT2D eigenvalue weighted by Gasteiger charge is 2.60. The van der Waals surface area contributed by atoms with Crippen molar-refractivity contribution in [3.05, 3.63) is 57.8 Å². The van der Waals surface area contributed by atoms with Gasteiger partial charge in [-0.2, -0.15) is 18.3 Å². The number of hydrogen-bond donors (Lipinski definition) is 2. The number of aromatic nitrogens is 2. The smallest absolute Gasteiger partial charge is 0.428 e. The van der Waals surface area contributed by atoms with Crippen molar-refractivity contribution in [1.29, 1.82) is 0 Å². The third-order valence-corrected chi connectivity index (χ3v) is 3.86. The first-order valence-electron chi connectivity index (χ1n) is 6.62. The van der Waals surface area contributed by atoms with Gasteiger partial charge in [-0.3, -0.25) is 0 Å². The summed E-state index contributed by atoms with van der Waals surface area (Å²) < 4.78 is 42.2. The SMILES string of the molecule is O=C(O)c1ccn(C2=CC(c3cc(Cl)cc(Cl)c3)(C(F)(F)F)ON2)n1. The van der Waals surface area contributed by atoms with Crippen molar-refractivity contribution < 1.29 is 27.9 Å². The van der Waals surface area contributed by atoms with Crippen LogP contribution in [0.4, 0.5) is 13.2 Å². The fourth-order valence-electron chi connectivity index (χ4n) is 2.28. The molecule has 0 fully saturated rings. The number of rotatable bonds is 3. The van der Waals surface area contributed by atoms with E-state index in [4.69, 9.17) is 33.1 Å². The molecule has 2 heterocycles. The molecule has 132 valence electrons. The normalized spacial score (nSPS) is 20.3. The van der Waals surface area contributed by atoms with Gasteiger partial charge < -0.3 is 5.11 Å². The Hall–Kier alpha value is -2.23. The molecule has 0 aliphatic carbocycles. The summed E-state index contributed by atoms with van der Waals surface area (Å²) in [6, 6.07) is 4.58. The molecule has 0 saturated carbocycles. The van der Waals surface area contributed by atoms with Crippen molar-refractivity contribution in [1.82, 2.24) is 15.3 Å². The number of carboxylic acids is 1. The molecule has 1 unspecified atom stereocenters. The first-order valence-corrected chi connectivity index (χ1v) is 7.37. The molecular weight excluding hydrogens is 386 g/mol. The highest BCUT2D eigenvalue weighted by molar-refractivity contribution is 6.34.